The van der Waals surface area contributed by atoms with Gasteiger partial charge in [-0.05, 0) is 103 Å². The zero-order chi connectivity index (χ0) is 51.9. The molecule has 2 unspecified atom stereocenters. The summed E-state index contributed by atoms with van der Waals surface area (Å²) in [6.45, 7) is 5.34. The van der Waals surface area contributed by atoms with Gasteiger partial charge in [-0.15, -0.1) is 0 Å². The maximum absolute atomic E-state index is 12.8. The highest BCUT2D eigenvalue weighted by molar-refractivity contribution is 7.47. The Morgan fingerprint density at radius 3 is 1.15 bits per heavy atom. The highest BCUT2D eigenvalue weighted by Crippen LogP contribution is 2.43. The summed E-state index contributed by atoms with van der Waals surface area (Å²) in [5.74, 6) is -0.341. The molecule has 2 atom stereocenters. The summed E-state index contributed by atoms with van der Waals surface area (Å²) in [5, 5.41) is 0. The van der Waals surface area contributed by atoms with Crippen LogP contribution in [0.5, 0.6) is 0 Å². The molecule has 0 fully saturated rings. The number of quaternary nitrogens is 1. The number of hydrogen-bond donors (Lipinski definition) is 1. The summed E-state index contributed by atoms with van der Waals surface area (Å²) in [4.78, 5) is 23.1. The minimum atomic E-state index is -4.30. The van der Waals surface area contributed by atoms with Crippen molar-refractivity contribution in [3.05, 3.63) is 122 Å². The Morgan fingerprint density at radius 1 is 0.437 bits per heavy atom. The van der Waals surface area contributed by atoms with Gasteiger partial charge in [0.2, 0.25) is 0 Å². The van der Waals surface area contributed by atoms with Gasteiger partial charge in [0.1, 0.15) is 19.3 Å². The zero-order valence-electron chi connectivity index (χ0n) is 46.2. The number of esters is 1. The second kappa shape index (κ2) is 53.2. The van der Waals surface area contributed by atoms with Crippen molar-refractivity contribution in [3.63, 3.8) is 0 Å². The first-order chi connectivity index (χ1) is 34.6. The minimum Gasteiger partial charge on any atom is -0.457 e. The molecule has 406 valence electrons. The molecule has 1 N–H and O–H groups in total. The number of rotatable bonds is 51. The van der Waals surface area contributed by atoms with E-state index in [1.54, 1.807) is 0 Å². The third kappa shape index (κ3) is 57.7. The summed E-state index contributed by atoms with van der Waals surface area (Å²) in [6, 6.07) is 0. The molecule has 0 aliphatic carbocycles. The third-order valence-corrected chi connectivity index (χ3v) is 12.5. The lowest BCUT2D eigenvalue weighted by molar-refractivity contribution is -0.870. The molecule has 0 aromatic carbocycles. The molecular weight excluding hydrogens is 902 g/mol. The Balaban J connectivity index is 4.17. The van der Waals surface area contributed by atoms with Crippen molar-refractivity contribution >= 4 is 13.8 Å². The number of carbonyl (C=O) groups excluding carboxylic acids is 1. The summed E-state index contributed by atoms with van der Waals surface area (Å²) in [6.07, 6.45) is 76.9. The molecule has 0 amide bonds. The van der Waals surface area contributed by atoms with Crippen molar-refractivity contribution in [1.29, 1.82) is 0 Å². The molecule has 0 aromatic rings. The molecule has 0 aliphatic heterocycles. The van der Waals surface area contributed by atoms with Gasteiger partial charge in [-0.2, -0.15) is 0 Å². The molecular formula is C62H107NO7P+. The predicted octanol–water partition coefficient (Wildman–Crippen LogP) is 18.1. The monoisotopic (exact) mass is 1010 g/mol. The number of phosphoric ester groups is 1. The van der Waals surface area contributed by atoms with Crippen molar-refractivity contribution in [2.24, 2.45) is 0 Å². The van der Waals surface area contributed by atoms with E-state index in [9.17, 15) is 14.3 Å². The lowest BCUT2D eigenvalue weighted by atomic mass is 10.0. The predicted molar refractivity (Wildman–Crippen MR) is 307 cm³/mol. The number of ether oxygens (including phenoxy) is 2. The van der Waals surface area contributed by atoms with Crippen LogP contribution in [0.4, 0.5) is 0 Å². The van der Waals surface area contributed by atoms with Crippen LogP contribution >= 0.6 is 7.82 Å². The summed E-state index contributed by atoms with van der Waals surface area (Å²) < 4.78 is 35.2. The smallest absolute Gasteiger partial charge is 0.457 e. The van der Waals surface area contributed by atoms with E-state index in [-0.39, 0.29) is 25.8 Å². The first-order valence-electron chi connectivity index (χ1n) is 28.3. The van der Waals surface area contributed by atoms with Crippen LogP contribution in [0.15, 0.2) is 122 Å². The summed E-state index contributed by atoms with van der Waals surface area (Å²) in [5.41, 5.74) is 0. The highest BCUT2D eigenvalue weighted by Gasteiger charge is 2.26. The van der Waals surface area contributed by atoms with Gasteiger partial charge in [0.15, 0.2) is 0 Å². The quantitative estimate of drug-likeness (QED) is 0.0213. The average molecular weight is 1010 g/mol. The number of hydrogen-bond acceptors (Lipinski definition) is 6. The van der Waals surface area contributed by atoms with Gasteiger partial charge in [-0.25, -0.2) is 4.57 Å². The largest absolute Gasteiger partial charge is 0.472 e. The van der Waals surface area contributed by atoms with Crippen LogP contribution in [-0.2, 0) is 27.9 Å². The van der Waals surface area contributed by atoms with Gasteiger partial charge >= 0.3 is 13.8 Å². The first-order valence-corrected chi connectivity index (χ1v) is 29.8. The molecule has 0 saturated carbocycles. The van der Waals surface area contributed by atoms with E-state index >= 15 is 0 Å². The number of likely N-dealkylation sites (N-methyl/N-ethyl adjacent to an activating group) is 1. The van der Waals surface area contributed by atoms with Crippen molar-refractivity contribution in [2.45, 2.75) is 213 Å². The van der Waals surface area contributed by atoms with E-state index in [1.165, 1.54) is 77.0 Å². The fourth-order valence-corrected chi connectivity index (χ4v) is 8.00. The van der Waals surface area contributed by atoms with Crippen LogP contribution in [0, 0.1) is 0 Å². The average Bonchev–Trinajstić information content (AvgIpc) is 3.33. The molecule has 71 heavy (non-hydrogen) atoms. The molecule has 9 heteroatoms. The topological polar surface area (TPSA) is 91.3 Å². The maximum atomic E-state index is 12.8. The van der Waals surface area contributed by atoms with Gasteiger partial charge in [0.25, 0.3) is 0 Å². The lowest BCUT2D eigenvalue weighted by Crippen LogP contribution is -2.37. The number of phosphoric acid groups is 1. The third-order valence-electron chi connectivity index (χ3n) is 11.5. The molecule has 0 bridgehead atoms. The van der Waals surface area contributed by atoms with Gasteiger partial charge in [0, 0.05) is 13.0 Å². The number of unbranched alkanes of at least 4 members (excludes halogenated alkanes) is 17. The van der Waals surface area contributed by atoms with Crippen molar-refractivity contribution in [1.82, 2.24) is 0 Å². The molecule has 0 aliphatic rings. The standard InChI is InChI=1S/C62H106NO7P/c1-6-8-10-12-14-16-18-20-22-24-26-28-30-31-32-34-36-38-40-42-44-46-48-50-52-54-57-67-59-61(60-69-71(65,66)68-58-56-63(3,4)5)70-62(64)55-53-51-49-47-45-43-41-39-37-35-33-29-27-25-23-21-19-17-15-13-11-9-7-2/h8-11,14-17,20-23,26-29,35,37,41,43,61H,6-7,12-13,18-19,24-25,30-34,36,38-40,42,44-60H2,1-5H3/p+1/b10-8-,11-9-,16-14-,17-15-,22-20-,23-21-,28-26-,29-27-,37-35-,43-41-. The van der Waals surface area contributed by atoms with Crippen LogP contribution in [0.1, 0.15) is 206 Å². The number of allylic oxidation sites excluding steroid dienone is 20. The van der Waals surface area contributed by atoms with Crippen LogP contribution < -0.4 is 0 Å². The fraction of sp³-hybridized carbons (Fsp3) is 0.661. The maximum Gasteiger partial charge on any atom is 0.472 e. The van der Waals surface area contributed by atoms with Gasteiger partial charge in [-0.1, -0.05) is 219 Å². The van der Waals surface area contributed by atoms with E-state index in [2.05, 4.69) is 135 Å². The van der Waals surface area contributed by atoms with Crippen molar-refractivity contribution in [2.75, 3.05) is 54.1 Å². The zero-order valence-corrected chi connectivity index (χ0v) is 47.1. The normalized spacial score (nSPS) is 14.4. The van der Waals surface area contributed by atoms with E-state index in [1.807, 2.05) is 21.1 Å². The Hall–Kier alpha value is -3.10. The molecule has 0 saturated heterocycles. The Bertz CT molecular complexity index is 1550. The molecule has 8 nitrogen and oxygen atoms in total. The molecule has 0 spiro atoms. The Morgan fingerprint density at radius 2 is 0.775 bits per heavy atom. The fourth-order valence-electron chi connectivity index (χ4n) is 7.25. The minimum absolute atomic E-state index is 0.0763. The van der Waals surface area contributed by atoms with Crippen molar-refractivity contribution < 1.29 is 37.3 Å². The van der Waals surface area contributed by atoms with Gasteiger partial charge in [0.05, 0.1) is 34.4 Å². The SMILES string of the molecule is CC/C=C\C/C=C\C/C=C\C/C=C\C/C=C\C/C=C\CCCCCCC(=O)OC(COCCCCCCCCCCCCCCC/C=C\C/C=C\C/C=C\C/C=C\CC)COP(=O)(O)OCC[N+](C)(C)C. The number of nitrogens with zero attached hydrogens (tertiary/aromatic N) is 1. The molecule has 0 rings (SSSR count). The lowest BCUT2D eigenvalue weighted by Gasteiger charge is -2.24. The highest BCUT2D eigenvalue weighted by atomic mass is 31.2. The van der Waals surface area contributed by atoms with E-state index in [0.29, 0.717) is 24.1 Å². The summed E-state index contributed by atoms with van der Waals surface area (Å²) in [7, 11) is 1.63. The van der Waals surface area contributed by atoms with E-state index in [4.69, 9.17) is 18.5 Å². The summed E-state index contributed by atoms with van der Waals surface area (Å²) >= 11 is 0. The van der Waals surface area contributed by atoms with Crippen LogP contribution in [0.3, 0.4) is 0 Å². The Labute approximate surface area is 437 Å². The first kappa shape index (κ1) is 67.9. The number of carbonyl (C=O) groups is 1. The van der Waals surface area contributed by atoms with Gasteiger partial charge in [-0.3, -0.25) is 13.8 Å². The second-order valence-electron chi connectivity index (χ2n) is 19.6. The van der Waals surface area contributed by atoms with Gasteiger partial charge < -0.3 is 18.9 Å². The molecule has 0 aromatic heterocycles. The van der Waals surface area contributed by atoms with Crippen molar-refractivity contribution in [3.8, 4) is 0 Å². The second-order valence-corrected chi connectivity index (χ2v) is 21.0. The molecule has 0 heterocycles. The van der Waals surface area contributed by atoms with Crippen LogP contribution in [0.2, 0.25) is 0 Å². The van der Waals surface area contributed by atoms with E-state index in [0.717, 1.165) is 109 Å². The van der Waals surface area contributed by atoms with E-state index < -0.39 is 13.9 Å². The Kier molecular flexibility index (Phi) is 50.9. The van der Waals surface area contributed by atoms with Crippen LogP contribution in [0.25, 0.3) is 0 Å². The van der Waals surface area contributed by atoms with Crippen LogP contribution in [-0.4, -0.2) is 75.6 Å². The molecule has 0 radical (unpaired) electrons.